The molecule has 2 aromatic rings. The number of nitrogens with one attached hydrogen (secondary N) is 1. The van der Waals surface area contributed by atoms with Gasteiger partial charge >= 0.3 is 0 Å². The maximum Gasteiger partial charge on any atom is 0.0638 e. The molecule has 0 aliphatic carbocycles. The quantitative estimate of drug-likeness (QED) is 0.916. The molecule has 1 heterocycles. The highest BCUT2D eigenvalue weighted by Crippen LogP contribution is 2.28. The number of rotatable bonds is 3. The van der Waals surface area contributed by atoms with Gasteiger partial charge in [0.15, 0.2) is 0 Å². The summed E-state index contributed by atoms with van der Waals surface area (Å²) >= 11 is 12.0. The molecule has 1 aromatic carbocycles. The van der Waals surface area contributed by atoms with Crippen molar-refractivity contribution >= 4 is 28.9 Å². The molecular weight excluding hydrogens is 257 g/mol. The first-order chi connectivity index (χ1) is 8.06. The molecule has 0 saturated carbocycles. The smallest absolute Gasteiger partial charge is 0.0638 e. The van der Waals surface area contributed by atoms with Gasteiger partial charge in [0.1, 0.15) is 0 Å². The predicted octanol–water partition coefficient (Wildman–Crippen LogP) is 3.90. The van der Waals surface area contributed by atoms with E-state index in [1.165, 1.54) is 0 Å². The van der Waals surface area contributed by atoms with E-state index in [4.69, 9.17) is 23.2 Å². The van der Waals surface area contributed by atoms with E-state index < -0.39 is 0 Å². The summed E-state index contributed by atoms with van der Waals surface area (Å²) < 4.78 is 1.77. The minimum atomic E-state index is 0.125. The van der Waals surface area contributed by atoms with E-state index in [1.54, 1.807) is 16.8 Å². The van der Waals surface area contributed by atoms with Crippen molar-refractivity contribution in [2.24, 2.45) is 7.05 Å². The minimum Gasteiger partial charge on any atom is -0.377 e. The highest BCUT2D eigenvalue weighted by Gasteiger charge is 2.09. The van der Waals surface area contributed by atoms with Crippen LogP contribution >= 0.6 is 23.2 Å². The van der Waals surface area contributed by atoms with Gasteiger partial charge in [-0.25, -0.2) is 0 Å². The molecule has 2 rings (SSSR count). The van der Waals surface area contributed by atoms with Crippen LogP contribution in [0.4, 0.5) is 5.69 Å². The van der Waals surface area contributed by atoms with Crippen LogP contribution in [0.3, 0.4) is 0 Å². The van der Waals surface area contributed by atoms with Crippen molar-refractivity contribution in [2.75, 3.05) is 5.32 Å². The first-order valence-corrected chi connectivity index (χ1v) is 6.02. The zero-order valence-corrected chi connectivity index (χ0v) is 11.1. The van der Waals surface area contributed by atoms with Crippen LogP contribution in [0.15, 0.2) is 30.6 Å². The average molecular weight is 270 g/mol. The molecule has 0 aliphatic rings. The summed E-state index contributed by atoms with van der Waals surface area (Å²) in [5.74, 6) is 0. The summed E-state index contributed by atoms with van der Waals surface area (Å²) in [6, 6.07) is 5.49. The molecule has 0 radical (unpaired) electrons. The van der Waals surface area contributed by atoms with Crippen LogP contribution in [0.25, 0.3) is 0 Å². The fourth-order valence-corrected chi connectivity index (χ4v) is 1.93. The maximum atomic E-state index is 6.09. The van der Waals surface area contributed by atoms with Crippen molar-refractivity contribution < 1.29 is 0 Å². The van der Waals surface area contributed by atoms with Gasteiger partial charge in [0.05, 0.1) is 22.9 Å². The Kier molecular flexibility index (Phi) is 3.60. The monoisotopic (exact) mass is 269 g/mol. The number of hydrogen-bond donors (Lipinski definition) is 1. The Balaban J connectivity index is 2.18. The lowest BCUT2D eigenvalue weighted by molar-refractivity contribution is 0.765. The van der Waals surface area contributed by atoms with Gasteiger partial charge in [-0.15, -0.1) is 0 Å². The molecule has 17 heavy (non-hydrogen) atoms. The van der Waals surface area contributed by atoms with Gasteiger partial charge in [0.25, 0.3) is 0 Å². The largest absolute Gasteiger partial charge is 0.377 e. The van der Waals surface area contributed by atoms with Gasteiger partial charge in [-0.1, -0.05) is 23.2 Å². The molecule has 3 nitrogen and oxygen atoms in total. The zero-order valence-electron chi connectivity index (χ0n) is 9.61. The molecule has 0 aliphatic heterocycles. The summed E-state index contributed by atoms with van der Waals surface area (Å²) in [5, 5.41) is 8.77. The van der Waals surface area contributed by atoms with Crippen molar-refractivity contribution in [2.45, 2.75) is 13.0 Å². The van der Waals surface area contributed by atoms with Crippen molar-refractivity contribution in [1.29, 1.82) is 0 Å². The fraction of sp³-hybridized carbons (Fsp3) is 0.250. The molecule has 1 unspecified atom stereocenters. The molecule has 90 valence electrons. The summed E-state index contributed by atoms with van der Waals surface area (Å²) in [6.07, 6.45) is 3.80. The second-order valence-electron chi connectivity index (χ2n) is 3.94. The van der Waals surface area contributed by atoms with E-state index >= 15 is 0 Å². The average Bonchev–Trinajstić information content (AvgIpc) is 2.70. The van der Waals surface area contributed by atoms with Crippen LogP contribution in [0.2, 0.25) is 10.0 Å². The molecule has 1 atom stereocenters. The molecule has 1 aromatic heterocycles. The molecule has 5 heteroatoms. The number of aromatic nitrogens is 2. The van der Waals surface area contributed by atoms with Crippen LogP contribution in [0.1, 0.15) is 18.5 Å². The SMILES string of the molecule is CC(Nc1cc(Cl)ccc1Cl)c1cnn(C)c1. The van der Waals surface area contributed by atoms with Crippen LogP contribution in [0, 0.1) is 0 Å². The normalized spacial score (nSPS) is 12.5. The van der Waals surface area contributed by atoms with E-state index in [0.29, 0.717) is 10.0 Å². The summed E-state index contributed by atoms with van der Waals surface area (Å²) in [5.41, 5.74) is 1.93. The Morgan fingerprint density at radius 1 is 1.35 bits per heavy atom. The van der Waals surface area contributed by atoms with Gasteiger partial charge in [-0.05, 0) is 25.1 Å². The molecule has 0 spiro atoms. The van der Waals surface area contributed by atoms with E-state index in [1.807, 2.05) is 32.4 Å². The summed E-state index contributed by atoms with van der Waals surface area (Å²) in [6.45, 7) is 2.05. The highest BCUT2D eigenvalue weighted by molar-refractivity contribution is 6.35. The second kappa shape index (κ2) is 4.98. The standard InChI is InChI=1S/C12H13Cl2N3/c1-8(9-6-15-17(2)7-9)16-12-5-10(13)3-4-11(12)14/h3-8,16H,1-2H3. The van der Waals surface area contributed by atoms with Crippen molar-refractivity contribution in [3.05, 3.63) is 46.2 Å². The number of anilines is 1. The van der Waals surface area contributed by atoms with Gasteiger partial charge in [-0.2, -0.15) is 5.10 Å². The summed E-state index contributed by atoms with van der Waals surface area (Å²) in [4.78, 5) is 0. The van der Waals surface area contributed by atoms with Crippen LogP contribution < -0.4 is 5.32 Å². The van der Waals surface area contributed by atoms with Gasteiger partial charge < -0.3 is 5.32 Å². The molecule has 0 saturated heterocycles. The fourth-order valence-electron chi connectivity index (χ4n) is 1.59. The molecular formula is C12H13Cl2N3. The number of halogens is 2. The second-order valence-corrected chi connectivity index (χ2v) is 4.78. The highest BCUT2D eigenvalue weighted by atomic mass is 35.5. The third kappa shape index (κ3) is 2.93. The Morgan fingerprint density at radius 3 is 2.76 bits per heavy atom. The predicted molar refractivity (Wildman–Crippen MR) is 71.7 cm³/mol. The van der Waals surface area contributed by atoms with Gasteiger partial charge in [0.2, 0.25) is 0 Å². The lowest BCUT2D eigenvalue weighted by Gasteiger charge is -2.15. The van der Waals surface area contributed by atoms with E-state index in [0.717, 1.165) is 11.3 Å². The third-order valence-corrected chi connectivity index (χ3v) is 3.09. The third-order valence-electron chi connectivity index (χ3n) is 2.53. The topological polar surface area (TPSA) is 29.9 Å². The maximum absolute atomic E-state index is 6.09. The summed E-state index contributed by atoms with van der Waals surface area (Å²) in [7, 11) is 1.89. The van der Waals surface area contributed by atoms with Gasteiger partial charge in [0, 0.05) is 23.8 Å². The van der Waals surface area contributed by atoms with E-state index in [-0.39, 0.29) is 6.04 Å². The van der Waals surface area contributed by atoms with Gasteiger partial charge in [-0.3, -0.25) is 4.68 Å². The molecule has 1 N–H and O–H groups in total. The Bertz CT molecular complexity index is 522. The Hall–Kier alpha value is -1.19. The molecule has 0 fully saturated rings. The Morgan fingerprint density at radius 2 is 2.12 bits per heavy atom. The molecule has 0 amide bonds. The first kappa shape index (κ1) is 12.3. The number of hydrogen-bond acceptors (Lipinski definition) is 2. The lowest BCUT2D eigenvalue weighted by atomic mass is 10.2. The van der Waals surface area contributed by atoms with Crippen LogP contribution in [0.5, 0.6) is 0 Å². The molecule has 0 bridgehead atoms. The van der Waals surface area contributed by atoms with Crippen LogP contribution in [-0.4, -0.2) is 9.78 Å². The van der Waals surface area contributed by atoms with Crippen molar-refractivity contribution in [3.8, 4) is 0 Å². The number of nitrogens with zero attached hydrogens (tertiary/aromatic N) is 2. The Labute approximate surface area is 110 Å². The number of aryl methyl sites for hydroxylation is 1. The zero-order chi connectivity index (χ0) is 12.4. The number of benzene rings is 1. The van der Waals surface area contributed by atoms with E-state index in [9.17, 15) is 0 Å². The van der Waals surface area contributed by atoms with Crippen LogP contribution in [-0.2, 0) is 7.05 Å². The minimum absolute atomic E-state index is 0.125. The van der Waals surface area contributed by atoms with Crippen molar-refractivity contribution in [3.63, 3.8) is 0 Å². The van der Waals surface area contributed by atoms with E-state index in [2.05, 4.69) is 10.4 Å². The van der Waals surface area contributed by atoms with Crippen molar-refractivity contribution in [1.82, 2.24) is 9.78 Å². The lowest BCUT2D eigenvalue weighted by Crippen LogP contribution is -2.06. The first-order valence-electron chi connectivity index (χ1n) is 5.26.